The molecule has 2 heterocycles. The first-order chi connectivity index (χ1) is 9.68. The van der Waals surface area contributed by atoms with E-state index < -0.39 is 5.41 Å². The molecule has 1 spiro atoms. The van der Waals surface area contributed by atoms with E-state index in [1.807, 2.05) is 23.1 Å². The third-order valence-electron chi connectivity index (χ3n) is 4.87. The van der Waals surface area contributed by atoms with Crippen LogP contribution in [0.5, 0.6) is 0 Å². The molecule has 2 amide bonds. The van der Waals surface area contributed by atoms with Crippen molar-refractivity contribution >= 4 is 17.5 Å². The molecule has 2 aliphatic heterocycles. The fraction of sp³-hybridized carbons (Fsp3) is 0.500. The Hall–Kier alpha value is -1.84. The van der Waals surface area contributed by atoms with Crippen molar-refractivity contribution in [1.82, 2.24) is 4.90 Å². The van der Waals surface area contributed by atoms with Gasteiger partial charge in [0.1, 0.15) is 0 Å². The summed E-state index contributed by atoms with van der Waals surface area (Å²) in [7, 11) is 0. The minimum absolute atomic E-state index is 0.0855. The zero-order chi connectivity index (χ0) is 13.7. The van der Waals surface area contributed by atoms with Crippen LogP contribution >= 0.6 is 0 Å². The van der Waals surface area contributed by atoms with Crippen molar-refractivity contribution in [2.45, 2.75) is 25.7 Å². The van der Waals surface area contributed by atoms with Gasteiger partial charge in [-0.3, -0.25) is 9.59 Å². The van der Waals surface area contributed by atoms with Crippen LogP contribution < -0.4 is 5.32 Å². The maximum absolute atomic E-state index is 12.5. The van der Waals surface area contributed by atoms with E-state index in [-0.39, 0.29) is 17.7 Å². The zero-order valence-corrected chi connectivity index (χ0v) is 11.4. The molecular formula is C16H18N2O2. The molecule has 1 unspecified atom stereocenters. The Bertz CT molecular complexity index is 594. The number of carbonyl (C=O) groups is 2. The summed E-state index contributed by atoms with van der Waals surface area (Å²) in [5.41, 5.74) is 1.71. The Labute approximate surface area is 118 Å². The highest BCUT2D eigenvalue weighted by atomic mass is 16.2. The fourth-order valence-electron chi connectivity index (χ4n) is 3.47. The lowest BCUT2D eigenvalue weighted by atomic mass is 9.77. The molecule has 4 rings (SSSR count). The molecule has 1 atom stereocenters. The van der Waals surface area contributed by atoms with Crippen molar-refractivity contribution in [2.75, 3.05) is 18.4 Å². The summed E-state index contributed by atoms with van der Waals surface area (Å²) in [6.45, 7) is 1.31. The average molecular weight is 270 g/mol. The number of amides is 2. The van der Waals surface area contributed by atoms with Gasteiger partial charge in [0, 0.05) is 24.7 Å². The van der Waals surface area contributed by atoms with Crippen LogP contribution in [0.4, 0.5) is 5.69 Å². The molecule has 1 aromatic carbocycles. The van der Waals surface area contributed by atoms with Crippen LogP contribution in [-0.2, 0) is 16.0 Å². The molecule has 4 nitrogen and oxygen atoms in total. The molecule has 1 saturated carbocycles. The molecular weight excluding hydrogens is 252 g/mol. The van der Waals surface area contributed by atoms with E-state index in [9.17, 15) is 9.59 Å². The van der Waals surface area contributed by atoms with Gasteiger partial charge in [-0.2, -0.15) is 0 Å². The number of hydrogen-bond acceptors (Lipinski definition) is 2. The number of fused-ring (bicyclic) bond motifs is 1. The predicted octanol–water partition coefficient (Wildman–Crippen LogP) is 1.81. The van der Waals surface area contributed by atoms with Crippen LogP contribution in [0, 0.1) is 11.3 Å². The molecule has 2 fully saturated rings. The first-order valence-electron chi connectivity index (χ1n) is 7.36. The number of likely N-dealkylation sites (tertiary alicyclic amines) is 1. The minimum atomic E-state index is -0.404. The molecule has 104 valence electrons. The Balaban J connectivity index is 1.59. The van der Waals surface area contributed by atoms with E-state index >= 15 is 0 Å². The maximum atomic E-state index is 12.5. The number of anilines is 1. The lowest BCUT2D eigenvalue weighted by Gasteiger charge is -2.33. The summed E-state index contributed by atoms with van der Waals surface area (Å²) in [5.74, 6) is 0.583. The van der Waals surface area contributed by atoms with Gasteiger partial charge in [-0.05, 0) is 37.3 Å². The molecule has 1 aromatic rings. The van der Waals surface area contributed by atoms with Crippen molar-refractivity contribution in [2.24, 2.45) is 11.3 Å². The first-order valence-corrected chi connectivity index (χ1v) is 7.36. The van der Waals surface area contributed by atoms with Crippen LogP contribution in [0.25, 0.3) is 0 Å². The van der Waals surface area contributed by atoms with Gasteiger partial charge in [0.15, 0.2) is 0 Å². The highest BCUT2D eigenvalue weighted by molar-refractivity contribution is 5.99. The Morgan fingerprint density at radius 1 is 1.30 bits per heavy atom. The molecule has 3 aliphatic rings. The Morgan fingerprint density at radius 2 is 2.10 bits per heavy atom. The van der Waals surface area contributed by atoms with Crippen LogP contribution in [0.2, 0.25) is 0 Å². The van der Waals surface area contributed by atoms with E-state index in [2.05, 4.69) is 11.4 Å². The van der Waals surface area contributed by atoms with Gasteiger partial charge < -0.3 is 10.2 Å². The van der Waals surface area contributed by atoms with Crippen molar-refractivity contribution in [3.63, 3.8) is 0 Å². The maximum Gasteiger partial charge on any atom is 0.232 e. The zero-order valence-electron chi connectivity index (χ0n) is 11.4. The van der Waals surface area contributed by atoms with Gasteiger partial charge >= 0.3 is 0 Å². The van der Waals surface area contributed by atoms with Crippen LogP contribution in [-0.4, -0.2) is 29.8 Å². The highest BCUT2D eigenvalue weighted by Crippen LogP contribution is 2.42. The summed E-state index contributed by atoms with van der Waals surface area (Å²) in [5, 5.41) is 3.02. The van der Waals surface area contributed by atoms with Crippen LogP contribution in [0.15, 0.2) is 24.3 Å². The lowest BCUT2D eigenvalue weighted by Crippen LogP contribution is -2.44. The number of hydrogen-bond donors (Lipinski definition) is 1. The summed E-state index contributed by atoms with van der Waals surface area (Å²) in [6, 6.07) is 7.96. The fourth-order valence-corrected chi connectivity index (χ4v) is 3.47. The second-order valence-electron chi connectivity index (χ2n) is 6.35. The standard InChI is InChI=1S/C16H18N2O2/c19-14(11-5-6-11)18-8-7-16(10-18)9-12-3-1-2-4-13(12)17-15(16)20/h1-4,11H,5-10H2,(H,17,20). The van der Waals surface area contributed by atoms with Crippen LogP contribution in [0.3, 0.4) is 0 Å². The number of rotatable bonds is 1. The van der Waals surface area contributed by atoms with E-state index in [4.69, 9.17) is 0 Å². The van der Waals surface area contributed by atoms with Gasteiger partial charge in [0.25, 0.3) is 0 Å². The van der Waals surface area contributed by atoms with Gasteiger partial charge in [-0.25, -0.2) is 0 Å². The molecule has 0 radical (unpaired) electrons. The van der Waals surface area contributed by atoms with Crippen molar-refractivity contribution in [1.29, 1.82) is 0 Å². The van der Waals surface area contributed by atoms with E-state index in [1.165, 1.54) is 5.56 Å². The number of nitrogens with zero attached hydrogens (tertiary/aromatic N) is 1. The minimum Gasteiger partial charge on any atom is -0.341 e. The number of benzene rings is 1. The smallest absolute Gasteiger partial charge is 0.232 e. The molecule has 1 saturated heterocycles. The third-order valence-corrected chi connectivity index (χ3v) is 4.87. The lowest BCUT2D eigenvalue weighted by molar-refractivity contribution is -0.132. The van der Waals surface area contributed by atoms with Crippen LogP contribution in [0.1, 0.15) is 24.8 Å². The average Bonchev–Trinajstić information content (AvgIpc) is 3.21. The van der Waals surface area contributed by atoms with Gasteiger partial charge in [0.05, 0.1) is 5.41 Å². The topological polar surface area (TPSA) is 49.4 Å². The molecule has 4 heteroatoms. The van der Waals surface area contributed by atoms with Gasteiger partial charge in [0.2, 0.25) is 11.8 Å². The molecule has 0 aromatic heterocycles. The molecule has 1 aliphatic carbocycles. The van der Waals surface area contributed by atoms with Gasteiger partial charge in [-0.1, -0.05) is 18.2 Å². The third kappa shape index (κ3) is 1.74. The Morgan fingerprint density at radius 3 is 2.90 bits per heavy atom. The SMILES string of the molecule is O=C(C1CC1)N1CCC2(Cc3ccccc3NC2=O)C1. The Kier molecular flexibility index (Phi) is 2.43. The normalized spacial score (nSPS) is 28.4. The molecule has 20 heavy (non-hydrogen) atoms. The van der Waals surface area contributed by atoms with E-state index in [0.29, 0.717) is 6.54 Å². The largest absolute Gasteiger partial charge is 0.341 e. The second kappa shape index (κ2) is 4.08. The summed E-state index contributed by atoms with van der Waals surface area (Å²) in [6.07, 6.45) is 3.59. The summed E-state index contributed by atoms with van der Waals surface area (Å²) < 4.78 is 0. The monoisotopic (exact) mass is 270 g/mol. The van der Waals surface area contributed by atoms with Crippen molar-refractivity contribution in [3.05, 3.63) is 29.8 Å². The van der Waals surface area contributed by atoms with E-state index in [0.717, 1.165) is 37.9 Å². The quantitative estimate of drug-likeness (QED) is 0.846. The second-order valence-corrected chi connectivity index (χ2v) is 6.35. The molecule has 1 N–H and O–H groups in total. The van der Waals surface area contributed by atoms with Crippen molar-refractivity contribution in [3.8, 4) is 0 Å². The first kappa shape index (κ1) is 11.9. The number of para-hydroxylation sites is 1. The summed E-state index contributed by atoms with van der Waals surface area (Å²) in [4.78, 5) is 26.6. The van der Waals surface area contributed by atoms with E-state index in [1.54, 1.807) is 0 Å². The number of carbonyl (C=O) groups excluding carboxylic acids is 2. The predicted molar refractivity (Wildman–Crippen MR) is 75.1 cm³/mol. The summed E-state index contributed by atoms with van der Waals surface area (Å²) >= 11 is 0. The molecule has 0 bridgehead atoms. The number of nitrogens with one attached hydrogen (secondary N) is 1. The van der Waals surface area contributed by atoms with Gasteiger partial charge in [-0.15, -0.1) is 0 Å². The highest BCUT2D eigenvalue weighted by Gasteiger charge is 2.49. The van der Waals surface area contributed by atoms with Crippen molar-refractivity contribution < 1.29 is 9.59 Å².